The Balaban J connectivity index is 1.85. The quantitative estimate of drug-likeness (QED) is 0.900. The molecule has 0 fully saturated rings. The van der Waals surface area contributed by atoms with Gasteiger partial charge in [0, 0.05) is 5.69 Å². The summed E-state index contributed by atoms with van der Waals surface area (Å²) in [5.74, 6) is 1.05. The smallest absolute Gasteiger partial charge is 0.416 e. The maximum atomic E-state index is 12.5. The van der Waals surface area contributed by atoms with Gasteiger partial charge in [0.25, 0.3) is 0 Å². The Morgan fingerprint density at radius 1 is 1.24 bits per heavy atom. The van der Waals surface area contributed by atoms with Crippen molar-refractivity contribution in [1.29, 1.82) is 0 Å². The van der Waals surface area contributed by atoms with E-state index in [0.717, 1.165) is 17.9 Å². The summed E-state index contributed by atoms with van der Waals surface area (Å²) in [6, 6.07) is 8.09. The second-order valence-corrected chi connectivity index (χ2v) is 5.18. The van der Waals surface area contributed by atoms with Gasteiger partial charge in [-0.1, -0.05) is 6.07 Å². The van der Waals surface area contributed by atoms with Crippen molar-refractivity contribution in [2.75, 3.05) is 11.1 Å². The first-order chi connectivity index (χ1) is 9.95. The maximum absolute atomic E-state index is 12.5. The van der Waals surface area contributed by atoms with Crippen LogP contribution in [0.1, 0.15) is 11.3 Å². The van der Waals surface area contributed by atoms with Crippen molar-refractivity contribution < 1.29 is 22.4 Å². The number of anilines is 1. The molecule has 0 spiro atoms. The summed E-state index contributed by atoms with van der Waals surface area (Å²) >= 11 is 1.32. The fourth-order valence-electron chi connectivity index (χ4n) is 1.61. The van der Waals surface area contributed by atoms with Gasteiger partial charge in [0.05, 0.1) is 23.3 Å². The summed E-state index contributed by atoms with van der Waals surface area (Å²) < 4.78 is 42.7. The molecule has 0 aliphatic rings. The van der Waals surface area contributed by atoms with Gasteiger partial charge < -0.3 is 9.73 Å². The van der Waals surface area contributed by atoms with Gasteiger partial charge in [0.1, 0.15) is 5.76 Å². The first-order valence-corrected chi connectivity index (χ1v) is 7.18. The van der Waals surface area contributed by atoms with Crippen LogP contribution < -0.4 is 5.32 Å². The average Bonchev–Trinajstić information content (AvgIpc) is 2.91. The number of alkyl halides is 3. The summed E-state index contributed by atoms with van der Waals surface area (Å²) in [6.07, 6.45) is -2.88. The van der Waals surface area contributed by atoms with Crippen LogP contribution in [0.4, 0.5) is 18.9 Å². The number of carbonyl (C=O) groups excluding carboxylic acids is 1. The van der Waals surface area contributed by atoms with Gasteiger partial charge in [-0.3, -0.25) is 4.79 Å². The van der Waals surface area contributed by atoms with Crippen LogP contribution in [0.3, 0.4) is 0 Å². The van der Waals surface area contributed by atoms with Crippen molar-refractivity contribution in [1.82, 2.24) is 0 Å². The van der Waals surface area contributed by atoms with Crippen LogP contribution in [-0.4, -0.2) is 11.7 Å². The van der Waals surface area contributed by atoms with E-state index in [2.05, 4.69) is 5.32 Å². The van der Waals surface area contributed by atoms with E-state index in [0.29, 0.717) is 5.75 Å². The molecule has 0 atom stereocenters. The molecule has 0 aliphatic carbocycles. The zero-order valence-corrected chi connectivity index (χ0v) is 11.6. The average molecular weight is 315 g/mol. The van der Waals surface area contributed by atoms with Crippen LogP contribution in [0, 0.1) is 0 Å². The van der Waals surface area contributed by atoms with Crippen LogP contribution in [0.5, 0.6) is 0 Å². The zero-order chi connectivity index (χ0) is 15.3. The highest BCUT2D eigenvalue weighted by Gasteiger charge is 2.30. The number of amides is 1. The third-order valence-corrected chi connectivity index (χ3v) is 3.49. The minimum atomic E-state index is -4.42. The lowest BCUT2D eigenvalue weighted by atomic mass is 10.2. The standard InChI is InChI=1S/C14H12F3NO2S/c15-14(16,17)10-3-1-4-11(7-10)18-13(19)9-21-8-12-5-2-6-20-12/h1-7H,8-9H2,(H,18,19). The number of nitrogens with one attached hydrogen (secondary N) is 1. The number of thioether (sulfide) groups is 1. The summed E-state index contributed by atoms with van der Waals surface area (Å²) in [5, 5.41) is 2.44. The van der Waals surface area contributed by atoms with Crippen LogP contribution in [0.25, 0.3) is 0 Å². The Morgan fingerprint density at radius 2 is 2.05 bits per heavy atom. The normalized spacial score (nSPS) is 11.4. The Bertz CT molecular complexity index is 597. The van der Waals surface area contributed by atoms with Crippen LogP contribution in [-0.2, 0) is 16.7 Å². The fourth-order valence-corrected chi connectivity index (χ4v) is 2.33. The number of hydrogen-bond acceptors (Lipinski definition) is 3. The lowest BCUT2D eigenvalue weighted by Crippen LogP contribution is -2.15. The number of rotatable bonds is 5. The third kappa shape index (κ3) is 4.86. The van der Waals surface area contributed by atoms with E-state index in [1.165, 1.54) is 23.9 Å². The van der Waals surface area contributed by atoms with Gasteiger partial charge >= 0.3 is 6.18 Å². The summed E-state index contributed by atoms with van der Waals surface area (Å²) in [5.41, 5.74) is -0.656. The lowest BCUT2D eigenvalue weighted by molar-refractivity contribution is -0.137. The van der Waals surface area contributed by atoms with E-state index >= 15 is 0 Å². The molecule has 0 saturated carbocycles. The predicted molar refractivity (Wildman–Crippen MR) is 74.9 cm³/mol. The minimum absolute atomic E-state index is 0.133. The van der Waals surface area contributed by atoms with E-state index in [1.54, 1.807) is 18.4 Å². The summed E-state index contributed by atoms with van der Waals surface area (Å²) in [7, 11) is 0. The largest absolute Gasteiger partial charge is 0.468 e. The van der Waals surface area contributed by atoms with Gasteiger partial charge in [0.15, 0.2) is 0 Å². The molecule has 0 unspecified atom stereocenters. The number of benzene rings is 1. The molecule has 2 rings (SSSR count). The third-order valence-electron chi connectivity index (χ3n) is 2.53. The number of hydrogen-bond donors (Lipinski definition) is 1. The molecule has 0 bridgehead atoms. The molecule has 1 aromatic heterocycles. The Hall–Kier alpha value is -1.89. The molecule has 1 heterocycles. The molecular formula is C14H12F3NO2S. The predicted octanol–water partition coefficient (Wildman–Crippen LogP) is 4.17. The molecule has 1 aromatic carbocycles. The molecule has 2 aromatic rings. The van der Waals surface area contributed by atoms with E-state index in [4.69, 9.17) is 4.42 Å². The molecule has 112 valence electrons. The lowest BCUT2D eigenvalue weighted by Gasteiger charge is -2.09. The van der Waals surface area contributed by atoms with Crippen molar-refractivity contribution >= 4 is 23.4 Å². The van der Waals surface area contributed by atoms with E-state index in [-0.39, 0.29) is 17.3 Å². The monoisotopic (exact) mass is 315 g/mol. The Labute approximate surface area is 123 Å². The van der Waals surface area contributed by atoms with Crippen molar-refractivity contribution in [2.45, 2.75) is 11.9 Å². The van der Waals surface area contributed by atoms with Gasteiger partial charge in [-0.05, 0) is 30.3 Å². The minimum Gasteiger partial charge on any atom is -0.468 e. The van der Waals surface area contributed by atoms with Crippen LogP contribution in [0.15, 0.2) is 47.1 Å². The van der Waals surface area contributed by atoms with Crippen LogP contribution in [0.2, 0.25) is 0 Å². The SMILES string of the molecule is O=C(CSCc1ccco1)Nc1cccc(C(F)(F)F)c1. The molecule has 0 saturated heterocycles. The van der Waals surface area contributed by atoms with Gasteiger partial charge in [0.2, 0.25) is 5.91 Å². The first-order valence-electron chi connectivity index (χ1n) is 6.02. The second kappa shape index (κ2) is 6.71. The highest BCUT2D eigenvalue weighted by molar-refractivity contribution is 7.99. The Kier molecular flexibility index (Phi) is 4.95. The van der Waals surface area contributed by atoms with E-state index in [9.17, 15) is 18.0 Å². The van der Waals surface area contributed by atoms with Crippen molar-refractivity contribution in [3.8, 4) is 0 Å². The maximum Gasteiger partial charge on any atom is 0.416 e. The highest BCUT2D eigenvalue weighted by Crippen LogP contribution is 2.30. The fraction of sp³-hybridized carbons (Fsp3) is 0.214. The molecule has 7 heteroatoms. The molecule has 21 heavy (non-hydrogen) atoms. The van der Waals surface area contributed by atoms with E-state index in [1.807, 2.05) is 0 Å². The van der Waals surface area contributed by atoms with Gasteiger partial charge in [-0.25, -0.2) is 0 Å². The van der Waals surface area contributed by atoms with E-state index < -0.39 is 11.7 Å². The number of carbonyl (C=O) groups is 1. The zero-order valence-electron chi connectivity index (χ0n) is 10.8. The van der Waals surface area contributed by atoms with Gasteiger partial charge in [-0.2, -0.15) is 13.2 Å². The van der Waals surface area contributed by atoms with Crippen LogP contribution >= 0.6 is 11.8 Å². The highest BCUT2D eigenvalue weighted by atomic mass is 32.2. The molecule has 0 aliphatic heterocycles. The van der Waals surface area contributed by atoms with Crippen molar-refractivity contribution in [3.05, 3.63) is 54.0 Å². The summed E-state index contributed by atoms with van der Waals surface area (Å²) in [4.78, 5) is 11.7. The first kappa shape index (κ1) is 15.5. The molecule has 1 amide bonds. The molecule has 1 N–H and O–H groups in total. The number of furan rings is 1. The van der Waals surface area contributed by atoms with Crippen molar-refractivity contribution in [3.63, 3.8) is 0 Å². The number of halogens is 3. The summed E-state index contributed by atoms with van der Waals surface area (Å²) in [6.45, 7) is 0. The Morgan fingerprint density at radius 3 is 2.71 bits per heavy atom. The molecule has 0 radical (unpaired) electrons. The molecule has 3 nitrogen and oxygen atoms in total. The van der Waals surface area contributed by atoms with Crippen molar-refractivity contribution in [2.24, 2.45) is 0 Å². The second-order valence-electron chi connectivity index (χ2n) is 4.20. The topological polar surface area (TPSA) is 42.2 Å². The van der Waals surface area contributed by atoms with Gasteiger partial charge in [-0.15, -0.1) is 11.8 Å². The molecular weight excluding hydrogens is 303 g/mol.